The van der Waals surface area contributed by atoms with Gasteiger partial charge in [-0.05, 0) is 37.3 Å². The van der Waals surface area contributed by atoms with E-state index in [1.807, 2.05) is 0 Å². The lowest BCUT2D eigenvalue weighted by molar-refractivity contribution is 0.0702. The summed E-state index contributed by atoms with van der Waals surface area (Å²) in [6.45, 7) is 1.52. The number of thiophene rings is 1. The first-order chi connectivity index (χ1) is 9.29. The van der Waals surface area contributed by atoms with E-state index in [-0.39, 0.29) is 15.5 Å². The Bertz CT molecular complexity index is 750. The van der Waals surface area contributed by atoms with Gasteiger partial charge < -0.3 is 5.11 Å². The van der Waals surface area contributed by atoms with Crippen LogP contribution in [-0.4, -0.2) is 19.5 Å². The molecule has 0 aliphatic heterocycles. The quantitative estimate of drug-likeness (QED) is 0.908. The van der Waals surface area contributed by atoms with Gasteiger partial charge in [-0.1, -0.05) is 0 Å². The van der Waals surface area contributed by atoms with Crippen molar-refractivity contribution in [2.45, 2.75) is 11.8 Å². The monoisotopic (exact) mass is 315 g/mol. The molecule has 0 saturated heterocycles. The van der Waals surface area contributed by atoms with E-state index in [0.29, 0.717) is 4.88 Å². The molecular weight excluding hydrogens is 305 g/mol. The van der Waals surface area contributed by atoms with E-state index in [0.717, 1.165) is 29.5 Å². The third kappa shape index (κ3) is 2.97. The Balaban J connectivity index is 2.35. The second-order valence-electron chi connectivity index (χ2n) is 3.95. The van der Waals surface area contributed by atoms with Gasteiger partial charge in [-0.3, -0.25) is 4.72 Å². The molecule has 1 aromatic carbocycles. The molecule has 0 spiro atoms. The second kappa shape index (κ2) is 5.22. The number of anilines is 1. The highest BCUT2D eigenvalue weighted by Gasteiger charge is 2.22. The van der Waals surface area contributed by atoms with Crippen molar-refractivity contribution >= 4 is 33.0 Å². The van der Waals surface area contributed by atoms with Crippen molar-refractivity contribution in [2.24, 2.45) is 0 Å². The normalized spacial score (nSPS) is 11.3. The number of halogens is 1. The molecule has 2 aromatic rings. The summed E-state index contributed by atoms with van der Waals surface area (Å²) >= 11 is 0.884. The Morgan fingerprint density at radius 1 is 1.30 bits per heavy atom. The number of rotatable bonds is 4. The number of benzene rings is 1. The molecule has 0 fully saturated rings. The predicted molar refractivity (Wildman–Crippen MR) is 73.2 cm³/mol. The molecule has 0 atom stereocenters. The molecule has 20 heavy (non-hydrogen) atoms. The number of aromatic carboxylic acids is 1. The zero-order valence-corrected chi connectivity index (χ0v) is 11.9. The first-order valence-electron chi connectivity index (χ1n) is 5.42. The molecule has 5 nitrogen and oxygen atoms in total. The lowest BCUT2D eigenvalue weighted by atomic mass is 10.3. The summed E-state index contributed by atoms with van der Waals surface area (Å²) in [5.41, 5.74) is 0.203. The largest absolute Gasteiger partial charge is 0.477 e. The number of hydrogen-bond donors (Lipinski definition) is 2. The molecule has 0 aliphatic rings. The third-order valence-corrected chi connectivity index (χ3v) is 5.14. The van der Waals surface area contributed by atoms with Gasteiger partial charge in [0.25, 0.3) is 10.0 Å². The molecule has 1 heterocycles. The van der Waals surface area contributed by atoms with E-state index in [9.17, 15) is 17.6 Å². The number of sulfonamides is 1. The van der Waals surface area contributed by atoms with Crippen molar-refractivity contribution in [3.05, 3.63) is 45.9 Å². The van der Waals surface area contributed by atoms with Crippen molar-refractivity contribution in [1.82, 2.24) is 0 Å². The zero-order valence-electron chi connectivity index (χ0n) is 10.3. The molecule has 106 valence electrons. The van der Waals surface area contributed by atoms with Crippen LogP contribution in [0.2, 0.25) is 0 Å². The molecule has 0 bridgehead atoms. The van der Waals surface area contributed by atoms with Gasteiger partial charge >= 0.3 is 5.97 Å². The second-order valence-corrected chi connectivity index (χ2v) is 6.86. The molecule has 0 unspecified atom stereocenters. The number of carboxylic acid groups (broad SMARTS) is 1. The van der Waals surface area contributed by atoms with Crippen LogP contribution in [0.3, 0.4) is 0 Å². The SMILES string of the molecule is Cc1sc(C(=O)O)cc1S(=O)(=O)Nc1ccc(F)cc1. The van der Waals surface area contributed by atoms with E-state index in [2.05, 4.69) is 4.72 Å². The first kappa shape index (κ1) is 14.5. The summed E-state index contributed by atoms with van der Waals surface area (Å²) < 4.78 is 39.3. The summed E-state index contributed by atoms with van der Waals surface area (Å²) in [5.74, 6) is -1.66. The smallest absolute Gasteiger partial charge is 0.345 e. The van der Waals surface area contributed by atoms with Crippen LogP contribution in [0.5, 0.6) is 0 Å². The van der Waals surface area contributed by atoms with Crippen LogP contribution in [0.4, 0.5) is 10.1 Å². The maximum absolute atomic E-state index is 12.8. The van der Waals surface area contributed by atoms with Crippen LogP contribution >= 0.6 is 11.3 Å². The Hall–Kier alpha value is -1.93. The topological polar surface area (TPSA) is 83.5 Å². The Labute approximate surface area is 118 Å². The van der Waals surface area contributed by atoms with Crippen molar-refractivity contribution in [2.75, 3.05) is 4.72 Å². The molecule has 1 aromatic heterocycles. The first-order valence-corrected chi connectivity index (χ1v) is 7.71. The lowest BCUT2D eigenvalue weighted by Gasteiger charge is -2.07. The summed E-state index contributed by atoms with van der Waals surface area (Å²) in [6, 6.07) is 5.93. The van der Waals surface area contributed by atoms with E-state index >= 15 is 0 Å². The minimum Gasteiger partial charge on any atom is -0.477 e. The fraction of sp³-hybridized carbons (Fsp3) is 0.0833. The van der Waals surface area contributed by atoms with Gasteiger partial charge in [0, 0.05) is 10.6 Å². The van der Waals surface area contributed by atoms with Crippen LogP contribution < -0.4 is 4.72 Å². The molecule has 2 rings (SSSR count). The summed E-state index contributed by atoms with van der Waals surface area (Å²) in [4.78, 5) is 11.1. The highest BCUT2D eigenvalue weighted by Crippen LogP contribution is 2.27. The molecule has 0 saturated carbocycles. The van der Waals surface area contributed by atoms with E-state index in [1.54, 1.807) is 0 Å². The van der Waals surface area contributed by atoms with Crippen LogP contribution in [0, 0.1) is 12.7 Å². The molecular formula is C12H10FNO4S2. The average molecular weight is 315 g/mol. The Morgan fingerprint density at radius 3 is 2.40 bits per heavy atom. The summed E-state index contributed by atoms with van der Waals surface area (Å²) in [5, 5.41) is 8.86. The maximum Gasteiger partial charge on any atom is 0.345 e. The lowest BCUT2D eigenvalue weighted by Crippen LogP contribution is -2.13. The van der Waals surface area contributed by atoms with E-state index < -0.39 is 21.8 Å². The van der Waals surface area contributed by atoms with Crippen LogP contribution in [0.25, 0.3) is 0 Å². The average Bonchev–Trinajstić information content (AvgIpc) is 2.75. The van der Waals surface area contributed by atoms with Crippen LogP contribution in [0.15, 0.2) is 35.2 Å². The van der Waals surface area contributed by atoms with Crippen molar-refractivity contribution in [1.29, 1.82) is 0 Å². The number of hydrogen-bond acceptors (Lipinski definition) is 4. The zero-order chi connectivity index (χ0) is 14.9. The summed E-state index contributed by atoms with van der Waals surface area (Å²) in [7, 11) is -3.89. The fourth-order valence-electron chi connectivity index (χ4n) is 1.57. The molecule has 0 radical (unpaired) electrons. The third-order valence-electron chi connectivity index (χ3n) is 2.47. The molecule has 0 amide bonds. The van der Waals surface area contributed by atoms with Gasteiger partial charge in [0.1, 0.15) is 15.6 Å². The standard InChI is InChI=1S/C12H10FNO4S2/c1-7-11(6-10(19-7)12(15)16)20(17,18)14-9-4-2-8(13)3-5-9/h2-6,14H,1H3,(H,15,16). The van der Waals surface area contributed by atoms with Gasteiger partial charge in [0.2, 0.25) is 0 Å². The van der Waals surface area contributed by atoms with E-state index in [1.165, 1.54) is 19.1 Å². The van der Waals surface area contributed by atoms with Crippen LogP contribution in [0.1, 0.15) is 14.5 Å². The highest BCUT2D eigenvalue weighted by atomic mass is 32.2. The molecule has 8 heteroatoms. The number of nitrogens with one attached hydrogen (secondary N) is 1. The molecule has 2 N–H and O–H groups in total. The van der Waals surface area contributed by atoms with Crippen LogP contribution in [-0.2, 0) is 10.0 Å². The minimum absolute atomic E-state index is 0.0537. The maximum atomic E-state index is 12.8. The number of carboxylic acids is 1. The predicted octanol–water partition coefficient (Wildman–Crippen LogP) is 2.69. The number of carbonyl (C=O) groups is 1. The minimum atomic E-state index is -3.89. The molecule has 0 aliphatic carbocycles. The van der Waals surface area contributed by atoms with Crippen molar-refractivity contribution in [3.8, 4) is 0 Å². The number of aryl methyl sites for hydroxylation is 1. The summed E-state index contributed by atoms with van der Waals surface area (Å²) in [6.07, 6.45) is 0. The highest BCUT2D eigenvalue weighted by molar-refractivity contribution is 7.93. The van der Waals surface area contributed by atoms with Gasteiger partial charge in [-0.2, -0.15) is 0 Å². The Morgan fingerprint density at radius 2 is 1.90 bits per heavy atom. The van der Waals surface area contributed by atoms with Gasteiger partial charge in [0.05, 0.1) is 0 Å². The van der Waals surface area contributed by atoms with Crippen molar-refractivity contribution in [3.63, 3.8) is 0 Å². The Kier molecular flexibility index (Phi) is 3.78. The van der Waals surface area contributed by atoms with Gasteiger partial charge in [0.15, 0.2) is 0 Å². The van der Waals surface area contributed by atoms with Crippen molar-refractivity contribution < 1.29 is 22.7 Å². The fourth-order valence-corrected chi connectivity index (χ4v) is 4.06. The van der Waals surface area contributed by atoms with Gasteiger partial charge in [-0.25, -0.2) is 17.6 Å². The van der Waals surface area contributed by atoms with Gasteiger partial charge in [-0.15, -0.1) is 11.3 Å². The van der Waals surface area contributed by atoms with E-state index in [4.69, 9.17) is 5.11 Å².